The number of para-hydroxylation sites is 2. The fourth-order valence-corrected chi connectivity index (χ4v) is 4.61. The second-order valence-electron chi connectivity index (χ2n) is 6.62. The van der Waals surface area contributed by atoms with E-state index in [9.17, 15) is 9.59 Å². The number of nitrogens with zero attached hydrogens (tertiary/aromatic N) is 2. The summed E-state index contributed by atoms with van der Waals surface area (Å²) in [5, 5.41) is 2.96. The summed E-state index contributed by atoms with van der Waals surface area (Å²) >= 11 is 1.70. The first kappa shape index (κ1) is 17.0. The molecule has 2 aliphatic rings. The Morgan fingerprint density at radius 2 is 1.50 bits per heavy atom. The zero-order chi connectivity index (χ0) is 18.1. The van der Waals surface area contributed by atoms with Gasteiger partial charge in [0.2, 0.25) is 5.91 Å². The molecule has 1 saturated heterocycles. The van der Waals surface area contributed by atoms with Crippen molar-refractivity contribution in [1.82, 2.24) is 10.2 Å². The minimum absolute atomic E-state index is 0.00600. The molecule has 2 aromatic carbocycles. The summed E-state index contributed by atoms with van der Waals surface area (Å²) in [5.41, 5.74) is 1.87. The molecule has 0 aromatic heterocycles. The van der Waals surface area contributed by atoms with E-state index in [1.54, 1.807) is 11.8 Å². The number of amides is 3. The van der Waals surface area contributed by atoms with E-state index in [0.29, 0.717) is 13.1 Å². The van der Waals surface area contributed by atoms with Gasteiger partial charge in [0, 0.05) is 35.8 Å². The Morgan fingerprint density at radius 3 is 2.04 bits per heavy atom. The van der Waals surface area contributed by atoms with Crippen molar-refractivity contribution in [3.63, 3.8) is 0 Å². The van der Waals surface area contributed by atoms with E-state index in [1.807, 2.05) is 46.2 Å². The van der Waals surface area contributed by atoms with Crippen molar-refractivity contribution < 1.29 is 9.59 Å². The number of likely N-dealkylation sites (tertiary alicyclic amines) is 1. The van der Waals surface area contributed by atoms with E-state index in [-0.39, 0.29) is 18.0 Å². The predicted octanol–water partition coefficient (Wildman–Crippen LogP) is 4.01. The van der Waals surface area contributed by atoms with E-state index in [2.05, 4.69) is 17.4 Å². The van der Waals surface area contributed by atoms with Crippen LogP contribution in [-0.4, -0.2) is 36.0 Å². The number of anilines is 2. The van der Waals surface area contributed by atoms with Gasteiger partial charge in [0.15, 0.2) is 0 Å². The molecule has 2 aromatic rings. The van der Waals surface area contributed by atoms with E-state index in [0.717, 1.165) is 34.0 Å². The predicted molar refractivity (Wildman–Crippen MR) is 103 cm³/mol. The lowest BCUT2D eigenvalue weighted by atomic mass is 10.1. The van der Waals surface area contributed by atoms with Crippen molar-refractivity contribution in [3.8, 4) is 0 Å². The van der Waals surface area contributed by atoms with Crippen LogP contribution in [0.25, 0.3) is 0 Å². The molecule has 0 radical (unpaired) electrons. The third kappa shape index (κ3) is 3.17. The topological polar surface area (TPSA) is 52.7 Å². The first-order valence-corrected chi connectivity index (χ1v) is 9.67. The smallest absolute Gasteiger partial charge is 0.329 e. The van der Waals surface area contributed by atoms with Gasteiger partial charge in [-0.25, -0.2) is 4.79 Å². The summed E-state index contributed by atoms with van der Waals surface area (Å²) in [6.07, 6.45) is 1.58. The second-order valence-corrected chi connectivity index (χ2v) is 7.70. The van der Waals surface area contributed by atoms with Crippen molar-refractivity contribution in [2.24, 2.45) is 0 Å². The summed E-state index contributed by atoms with van der Waals surface area (Å²) in [5.74, 6) is -0.00862. The number of fused-ring (bicyclic) bond motifs is 2. The number of benzene rings is 2. The maximum absolute atomic E-state index is 13.4. The molecule has 2 heterocycles. The molecule has 6 heteroatoms. The van der Waals surface area contributed by atoms with E-state index in [1.165, 1.54) is 6.92 Å². The van der Waals surface area contributed by atoms with E-state index >= 15 is 0 Å². The zero-order valence-corrected chi connectivity index (χ0v) is 15.5. The number of urea groups is 1. The summed E-state index contributed by atoms with van der Waals surface area (Å²) < 4.78 is 0. The monoisotopic (exact) mass is 367 g/mol. The van der Waals surface area contributed by atoms with Crippen LogP contribution >= 0.6 is 11.8 Å². The molecular formula is C20H21N3O2S. The van der Waals surface area contributed by atoms with Gasteiger partial charge in [-0.15, -0.1) is 0 Å². The van der Waals surface area contributed by atoms with Gasteiger partial charge in [-0.3, -0.25) is 9.69 Å². The number of hydrogen-bond donors (Lipinski definition) is 1. The van der Waals surface area contributed by atoms with Crippen LogP contribution < -0.4 is 10.2 Å². The molecule has 1 N–H and O–H groups in total. The average Bonchev–Trinajstić information content (AvgIpc) is 2.65. The Morgan fingerprint density at radius 1 is 0.962 bits per heavy atom. The van der Waals surface area contributed by atoms with E-state index < -0.39 is 0 Å². The highest BCUT2D eigenvalue weighted by atomic mass is 32.2. The molecule has 3 amide bonds. The number of rotatable bonds is 1. The van der Waals surface area contributed by atoms with Crippen LogP contribution in [0.15, 0.2) is 58.3 Å². The quantitative estimate of drug-likeness (QED) is 0.829. The highest BCUT2D eigenvalue weighted by molar-refractivity contribution is 7.99. The highest BCUT2D eigenvalue weighted by Crippen LogP contribution is 2.48. The molecule has 0 unspecified atom stereocenters. The van der Waals surface area contributed by atoms with Crippen LogP contribution in [0.3, 0.4) is 0 Å². The van der Waals surface area contributed by atoms with Crippen LogP contribution in [0.1, 0.15) is 19.8 Å². The Hall–Kier alpha value is -2.47. The van der Waals surface area contributed by atoms with Crippen LogP contribution in [0, 0.1) is 0 Å². The highest BCUT2D eigenvalue weighted by Gasteiger charge is 2.32. The Balaban J connectivity index is 1.60. The van der Waals surface area contributed by atoms with Crippen LogP contribution in [0.2, 0.25) is 0 Å². The fraction of sp³-hybridized carbons (Fsp3) is 0.300. The van der Waals surface area contributed by atoms with Crippen LogP contribution in [-0.2, 0) is 4.79 Å². The third-order valence-corrected chi connectivity index (χ3v) is 5.93. The minimum atomic E-state index is -0.00862. The maximum Gasteiger partial charge on any atom is 0.329 e. The van der Waals surface area contributed by atoms with Gasteiger partial charge < -0.3 is 10.2 Å². The van der Waals surface area contributed by atoms with Gasteiger partial charge in [-0.05, 0) is 37.1 Å². The lowest BCUT2D eigenvalue weighted by molar-refractivity contribution is -0.119. The Kier molecular flexibility index (Phi) is 4.59. The summed E-state index contributed by atoms with van der Waals surface area (Å²) in [6, 6.07) is 16.2. The molecule has 0 aliphatic carbocycles. The molecule has 2 aliphatic heterocycles. The molecule has 4 rings (SSSR count). The SMILES string of the molecule is CC(=O)NC1CCN(C(=O)N2c3ccccc3Sc3ccccc32)CC1. The second kappa shape index (κ2) is 7.03. The number of carbonyl (C=O) groups excluding carboxylic acids is 2. The molecule has 0 atom stereocenters. The maximum atomic E-state index is 13.4. The summed E-state index contributed by atoms with van der Waals surface area (Å²) in [6.45, 7) is 2.84. The number of nitrogens with one attached hydrogen (secondary N) is 1. The molecule has 0 bridgehead atoms. The van der Waals surface area contributed by atoms with Crippen molar-refractivity contribution in [1.29, 1.82) is 0 Å². The van der Waals surface area contributed by atoms with Gasteiger partial charge in [0.05, 0.1) is 11.4 Å². The number of piperidine rings is 1. The third-order valence-electron chi connectivity index (χ3n) is 4.80. The standard InChI is InChI=1S/C20H21N3O2S/c1-14(24)21-15-10-12-22(13-11-15)20(25)23-16-6-2-4-8-18(16)26-19-9-5-3-7-17(19)23/h2-9,15H,10-13H2,1H3,(H,21,24). The molecule has 0 spiro atoms. The van der Waals surface area contributed by atoms with Gasteiger partial charge in [-0.2, -0.15) is 0 Å². The van der Waals surface area contributed by atoms with Gasteiger partial charge >= 0.3 is 6.03 Å². The number of carbonyl (C=O) groups is 2. The van der Waals surface area contributed by atoms with Crippen LogP contribution in [0.5, 0.6) is 0 Å². The van der Waals surface area contributed by atoms with Gasteiger partial charge in [0.1, 0.15) is 0 Å². The van der Waals surface area contributed by atoms with Crippen molar-refractivity contribution in [2.45, 2.75) is 35.6 Å². The average molecular weight is 367 g/mol. The van der Waals surface area contributed by atoms with Gasteiger partial charge in [0.25, 0.3) is 0 Å². The zero-order valence-electron chi connectivity index (χ0n) is 14.6. The summed E-state index contributed by atoms with van der Waals surface area (Å²) in [4.78, 5) is 30.5. The molecule has 5 nitrogen and oxygen atoms in total. The largest absolute Gasteiger partial charge is 0.353 e. The Labute approximate surface area is 157 Å². The van der Waals surface area contributed by atoms with Crippen molar-refractivity contribution >= 4 is 35.1 Å². The Bertz CT molecular complexity index is 801. The minimum Gasteiger partial charge on any atom is -0.353 e. The molecule has 1 fully saturated rings. The van der Waals surface area contributed by atoms with Gasteiger partial charge in [-0.1, -0.05) is 36.0 Å². The first-order valence-electron chi connectivity index (χ1n) is 8.85. The lowest BCUT2D eigenvalue weighted by Gasteiger charge is -2.38. The lowest BCUT2D eigenvalue weighted by Crippen LogP contribution is -2.49. The molecule has 0 saturated carbocycles. The number of hydrogen-bond acceptors (Lipinski definition) is 3. The normalized spacial score (nSPS) is 16.7. The molecular weight excluding hydrogens is 346 g/mol. The van der Waals surface area contributed by atoms with Crippen molar-refractivity contribution in [3.05, 3.63) is 48.5 Å². The molecule has 134 valence electrons. The fourth-order valence-electron chi connectivity index (χ4n) is 3.55. The summed E-state index contributed by atoms with van der Waals surface area (Å²) in [7, 11) is 0. The molecule has 26 heavy (non-hydrogen) atoms. The first-order chi connectivity index (χ1) is 12.6. The van der Waals surface area contributed by atoms with E-state index in [4.69, 9.17) is 0 Å². The van der Waals surface area contributed by atoms with Crippen LogP contribution in [0.4, 0.5) is 16.2 Å². The van der Waals surface area contributed by atoms with Crippen molar-refractivity contribution in [2.75, 3.05) is 18.0 Å².